The minimum atomic E-state index is -0.463. The summed E-state index contributed by atoms with van der Waals surface area (Å²) in [5.74, 6) is 0.447. The van der Waals surface area contributed by atoms with Crippen LogP contribution in [0, 0.1) is 11.8 Å². The van der Waals surface area contributed by atoms with Crippen molar-refractivity contribution in [3.8, 4) is 0 Å². The van der Waals surface area contributed by atoms with E-state index in [9.17, 15) is 14.7 Å². The van der Waals surface area contributed by atoms with Gasteiger partial charge in [0.25, 0.3) is 0 Å². The number of aliphatic hydroxyl groups is 1. The van der Waals surface area contributed by atoms with Crippen molar-refractivity contribution in [1.82, 2.24) is 9.80 Å². The van der Waals surface area contributed by atoms with Gasteiger partial charge in [0.05, 0.1) is 6.10 Å². The molecular weight excluding hydrogens is 316 g/mol. The Labute approximate surface area is 149 Å². The van der Waals surface area contributed by atoms with Gasteiger partial charge in [-0.05, 0) is 37.2 Å². The van der Waals surface area contributed by atoms with Crippen molar-refractivity contribution in [3.63, 3.8) is 0 Å². The summed E-state index contributed by atoms with van der Waals surface area (Å²) in [6.07, 6.45) is 2.71. The molecule has 2 aliphatic heterocycles. The average Bonchev–Trinajstić information content (AvgIpc) is 2.64. The lowest BCUT2D eigenvalue weighted by molar-refractivity contribution is -0.143. The maximum Gasteiger partial charge on any atom is 0.225 e. The fraction of sp³-hybridized carbons (Fsp3) is 0.600. The molecule has 2 fully saturated rings. The van der Waals surface area contributed by atoms with Gasteiger partial charge in [0, 0.05) is 39.0 Å². The van der Waals surface area contributed by atoms with Crippen LogP contribution < -0.4 is 0 Å². The summed E-state index contributed by atoms with van der Waals surface area (Å²) in [6.45, 7) is 4.07. The van der Waals surface area contributed by atoms with Gasteiger partial charge in [0.2, 0.25) is 11.8 Å². The number of carbonyl (C=O) groups is 2. The molecule has 5 heteroatoms. The number of carbonyl (C=O) groups excluding carboxylic acids is 2. The van der Waals surface area contributed by atoms with Crippen molar-refractivity contribution >= 4 is 11.8 Å². The standard InChI is InChI=1S/C20H28N2O3/c1-15(23)21-10-7-17(8-11-21)20(25)22-12-9-18(19(24)14-22)13-16-5-3-2-4-6-16/h2-6,17-19,24H,7-14H2,1H3/t18-,19-/m1/s1. The Morgan fingerprint density at radius 3 is 2.28 bits per heavy atom. The summed E-state index contributed by atoms with van der Waals surface area (Å²) in [7, 11) is 0. The number of aliphatic hydroxyl groups excluding tert-OH is 1. The minimum Gasteiger partial charge on any atom is -0.391 e. The van der Waals surface area contributed by atoms with E-state index in [0.717, 1.165) is 32.2 Å². The van der Waals surface area contributed by atoms with Crippen molar-refractivity contribution in [2.45, 2.75) is 38.7 Å². The van der Waals surface area contributed by atoms with Gasteiger partial charge in [0.15, 0.2) is 0 Å². The SMILES string of the molecule is CC(=O)N1CCC(C(=O)N2CC[C@H](Cc3ccccc3)[C@H](O)C2)CC1. The molecule has 2 saturated heterocycles. The predicted octanol–water partition coefficient (Wildman–Crippen LogP) is 1.70. The fourth-order valence-corrected chi connectivity index (χ4v) is 4.03. The third-order valence-corrected chi connectivity index (χ3v) is 5.66. The Morgan fingerprint density at radius 1 is 1.04 bits per heavy atom. The molecule has 0 unspecified atom stereocenters. The molecule has 0 spiro atoms. The molecular formula is C20H28N2O3. The second-order valence-electron chi connectivity index (χ2n) is 7.37. The number of piperidine rings is 2. The van der Waals surface area contributed by atoms with Gasteiger partial charge in [-0.2, -0.15) is 0 Å². The molecule has 5 nitrogen and oxygen atoms in total. The number of hydrogen-bond acceptors (Lipinski definition) is 3. The smallest absolute Gasteiger partial charge is 0.225 e. The first-order valence-electron chi connectivity index (χ1n) is 9.31. The quantitative estimate of drug-likeness (QED) is 0.908. The number of β-amino-alcohol motifs (C(OH)–C–C–N with tert-alkyl or cyclic N) is 1. The predicted molar refractivity (Wildman–Crippen MR) is 95.8 cm³/mol. The van der Waals surface area contributed by atoms with Gasteiger partial charge >= 0.3 is 0 Å². The van der Waals surface area contributed by atoms with E-state index in [4.69, 9.17) is 0 Å². The Balaban J connectivity index is 1.51. The van der Waals surface area contributed by atoms with Crippen LogP contribution in [0.4, 0.5) is 0 Å². The zero-order chi connectivity index (χ0) is 17.8. The summed E-state index contributed by atoms with van der Waals surface area (Å²) in [5, 5.41) is 10.5. The lowest BCUT2D eigenvalue weighted by atomic mass is 9.86. The van der Waals surface area contributed by atoms with Crippen LogP contribution in [-0.4, -0.2) is 59.0 Å². The number of nitrogens with zero attached hydrogens (tertiary/aromatic N) is 2. The monoisotopic (exact) mass is 344 g/mol. The summed E-state index contributed by atoms with van der Waals surface area (Å²) >= 11 is 0. The van der Waals surface area contributed by atoms with Gasteiger partial charge in [-0.25, -0.2) is 0 Å². The van der Waals surface area contributed by atoms with Crippen molar-refractivity contribution in [1.29, 1.82) is 0 Å². The first-order chi connectivity index (χ1) is 12.0. The van der Waals surface area contributed by atoms with E-state index in [1.807, 2.05) is 28.0 Å². The van der Waals surface area contributed by atoms with Gasteiger partial charge in [-0.3, -0.25) is 9.59 Å². The molecule has 2 atom stereocenters. The van der Waals surface area contributed by atoms with E-state index in [1.165, 1.54) is 5.56 Å². The summed E-state index contributed by atoms with van der Waals surface area (Å²) < 4.78 is 0. The summed E-state index contributed by atoms with van der Waals surface area (Å²) in [4.78, 5) is 27.8. The molecule has 2 heterocycles. The Hall–Kier alpha value is -1.88. The highest BCUT2D eigenvalue weighted by Crippen LogP contribution is 2.26. The van der Waals surface area contributed by atoms with Gasteiger partial charge in [-0.15, -0.1) is 0 Å². The topological polar surface area (TPSA) is 60.9 Å². The first-order valence-corrected chi connectivity index (χ1v) is 9.31. The lowest BCUT2D eigenvalue weighted by Gasteiger charge is -2.39. The summed E-state index contributed by atoms with van der Waals surface area (Å²) in [6, 6.07) is 10.2. The largest absolute Gasteiger partial charge is 0.391 e. The molecule has 2 aliphatic rings. The van der Waals surface area contributed by atoms with E-state index >= 15 is 0 Å². The molecule has 0 aromatic heterocycles. The van der Waals surface area contributed by atoms with Crippen LogP contribution in [0.5, 0.6) is 0 Å². The molecule has 0 radical (unpaired) electrons. The second-order valence-corrected chi connectivity index (χ2v) is 7.37. The number of hydrogen-bond donors (Lipinski definition) is 1. The molecule has 0 saturated carbocycles. The van der Waals surface area contributed by atoms with Crippen LogP contribution in [-0.2, 0) is 16.0 Å². The van der Waals surface area contributed by atoms with Crippen LogP contribution in [0.3, 0.4) is 0 Å². The van der Waals surface area contributed by atoms with Crippen LogP contribution in [0.15, 0.2) is 30.3 Å². The average molecular weight is 344 g/mol. The third kappa shape index (κ3) is 4.40. The molecule has 0 bridgehead atoms. The molecule has 25 heavy (non-hydrogen) atoms. The molecule has 1 N–H and O–H groups in total. The summed E-state index contributed by atoms with van der Waals surface area (Å²) in [5.41, 5.74) is 1.24. The molecule has 3 rings (SSSR count). The molecule has 0 aliphatic carbocycles. The number of benzene rings is 1. The Morgan fingerprint density at radius 2 is 1.68 bits per heavy atom. The van der Waals surface area contributed by atoms with Crippen LogP contribution >= 0.6 is 0 Å². The Bertz CT molecular complexity index is 596. The van der Waals surface area contributed by atoms with E-state index < -0.39 is 6.10 Å². The van der Waals surface area contributed by atoms with E-state index in [1.54, 1.807) is 6.92 Å². The van der Waals surface area contributed by atoms with Crippen LogP contribution in [0.2, 0.25) is 0 Å². The van der Waals surface area contributed by atoms with Crippen LogP contribution in [0.25, 0.3) is 0 Å². The maximum atomic E-state index is 12.8. The molecule has 1 aromatic rings. The zero-order valence-corrected chi connectivity index (χ0v) is 14.9. The lowest BCUT2D eigenvalue weighted by Crippen LogP contribution is -2.50. The normalized spacial score (nSPS) is 25.0. The zero-order valence-electron chi connectivity index (χ0n) is 14.9. The third-order valence-electron chi connectivity index (χ3n) is 5.66. The first kappa shape index (κ1) is 17.9. The van der Waals surface area contributed by atoms with E-state index in [0.29, 0.717) is 19.6 Å². The number of rotatable bonds is 3. The van der Waals surface area contributed by atoms with E-state index in [2.05, 4.69) is 12.1 Å². The van der Waals surface area contributed by atoms with Crippen LogP contribution in [0.1, 0.15) is 31.7 Å². The van der Waals surface area contributed by atoms with E-state index in [-0.39, 0.29) is 23.7 Å². The highest BCUT2D eigenvalue weighted by atomic mass is 16.3. The molecule has 1 aromatic carbocycles. The second kappa shape index (κ2) is 8.00. The Kier molecular flexibility index (Phi) is 5.74. The molecule has 2 amide bonds. The number of likely N-dealkylation sites (tertiary alicyclic amines) is 2. The fourth-order valence-electron chi connectivity index (χ4n) is 4.03. The highest BCUT2D eigenvalue weighted by molar-refractivity contribution is 5.80. The number of amides is 2. The van der Waals surface area contributed by atoms with Crippen molar-refractivity contribution in [3.05, 3.63) is 35.9 Å². The van der Waals surface area contributed by atoms with Gasteiger partial charge in [-0.1, -0.05) is 30.3 Å². The van der Waals surface area contributed by atoms with Crippen molar-refractivity contribution < 1.29 is 14.7 Å². The minimum absolute atomic E-state index is 0.00604. The maximum absolute atomic E-state index is 12.8. The van der Waals surface area contributed by atoms with Crippen molar-refractivity contribution in [2.24, 2.45) is 11.8 Å². The van der Waals surface area contributed by atoms with Gasteiger partial charge < -0.3 is 14.9 Å². The molecule has 136 valence electrons. The highest BCUT2D eigenvalue weighted by Gasteiger charge is 2.34. The van der Waals surface area contributed by atoms with Gasteiger partial charge in [0.1, 0.15) is 0 Å². The van der Waals surface area contributed by atoms with Crippen molar-refractivity contribution in [2.75, 3.05) is 26.2 Å².